The predicted molar refractivity (Wildman–Crippen MR) is 151 cm³/mol. The molecule has 0 spiro atoms. The summed E-state index contributed by atoms with van der Waals surface area (Å²) in [4.78, 5) is 0. The van der Waals surface area contributed by atoms with Crippen LogP contribution in [-0.2, 0) is 21.3 Å². The maximum absolute atomic E-state index is 5.83. The summed E-state index contributed by atoms with van der Waals surface area (Å²) in [6, 6.07) is 32.9. The number of methoxy groups -OCH3 is 3. The molecule has 0 fully saturated rings. The minimum atomic E-state index is -2.74. The van der Waals surface area contributed by atoms with Gasteiger partial charge in [-0.25, -0.2) is 0 Å². The van der Waals surface area contributed by atoms with E-state index >= 15 is 0 Å². The van der Waals surface area contributed by atoms with E-state index in [1.165, 1.54) is 36.6 Å². The summed E-state index contributed by atoms with van der Waals surface area (Å²) in [5, 5.41) is 0. The second-order valence-electron chi connectivity index (χ2n) is 9.53. The van der Waals surface area contributed by atoms with Crippen molar-refractivity contribution in [2.45, 2.75) is 10.0 Å². The number of fused-ring (bicyclic) bond motifs is 3. The van der Waals surface area contributed by atoms with Gasteiger partial charge < -0.3 is 24.8 Å². The molecule has 0 aromatic heterocycles. The Morgan fingerprint density at radius 3 is 1.82 bits per heavy atom. The molecule has 6 heteroatoms. The number of halogens is 2. The molecule has 1 unspecified atom stereocenters. The quantitative estimate of drug-likeness (QED) is 0.305. The smallest absolute Gasteiger partial charge is 1.00 e. The first kappa shape index (κ1) is 30.1. The molecule has 0 radical (unpaired) electrons. The first-order chi connectivity index (χ1) is 18.7. The SMILES string of the molecule is COc1ccc2c(c1)[CH]([Zr+2]([C]1=CC=CC1)=[C](c1ccccc1)c1ccccc1)c1cc(OC)c(OC)cc1-2.[Cl-].[Cl-]. The molecule has 6 rings (SSSR count). The van der Waals surface area contributed by atoms with Crippen LogP contribution in [0.2, 0.25) is 0 Å². The van der Waals surface area contributed by atoms with Gasteiger partial charge in [0.25, 0.3) is 0 Å². The van der Waals surface area contributed by atoms with Crippen molar-refractivity contribution < 1.29 is 60.3 Å². The van der Waals surface area contributed by atoms with Crippen LogP contribution in [0.5, 0.6) is 17.2 Å². The van der Waals surface area contributed by atoms with E-state index < -0.39 is 21.3 Å². The van der Waals surface area contributed by atoms with E-state index in [0.29, 0.717) is 0 Å². The van der Waals surface area contributed by atoms with Crippen LogP contribution in [0.3, 0.4) is 0 Å². The molecule has 0 N–H and O–H groups in total. The summed E-state index contributed by atoms with van der Waals surface area (Å²) < 4.78 is 20.7. The Kier molecular flexibility index (Phi) is 9.90. The Balaban J connectivity index is 0.00000185. The normalized spacial score (nSPS) is 13.9. The molecular formula is C34H30Cl2O3Zr. The van der Waals surface area contributed by atoms with Crippen LogP contribution in [0.15, 0.2) is 113 Å². The topological polar surface area (TPSA) is 27.7 Å². The number of hydrogen-bond donors (Lipinski definition) is 0. The van der Waals surface area contributed by atoms with Crippen molar-refractivity contribution in [3.8, 4) is 28.4 Å². The minimum Gasteiger partial charge on any atom is -1.00 e. The van der Waals surface area contributed by atoms with Gasteiger partial charge in [-0.1, -0.05) is 0 Å². The van der Waals surface area contributed by atoms with Gasteiger partial charge in [0.15, 0.2) is 0 Å². The van der Waals surface area contributed by atoms with Crippen LogP contribution in [0, 0.1) is 0 Å². The monoisotopic (exact) mass is 646 g/mol. The van der Waals surface area contributed by atoms with Crippen LogP contribution in [0.4, 0.5) is 0 Å². The molecule has 202 valence electrons. The Bertz CT molecular complexity index is 1550. The molecule has 0 amide bonds. The molecular weight excluding hydrogens is 619 g/mol. The van der Waals surface area contributed by atoms with Gasteiger partial charge in [0, 0.05) is 0 Å². The molecule has 0 bridgehead atoms. The van der Waals surface area contributed by atoms with Gasteiger partial charge in [-0.05, 0) is 0 Å². The fraction of sp³-hybridized carbons (Fsp3) is 0.147. The molecule has 1 atom stereocenters. The van der Waals surface area contributed by atoms with Crippen LogP contribution in [0.25, 0.3) is 11.1 Å². The molecule has 40 heavy (non-hydrogen) atoms. The van der Waals surface area contributed by atoms with E-state index in [-0.39, 0.29) is 28.4 Å². The number of rotatable bonds is 7. The molecule has 0 heterocycles. The van der Waals surface area contributed by atoms with Gasteiger partial charge in [0.05, 0.1) is 0 Å². The Labute approximate surface area is 256 Å². The molecule has 4 aromatic rings. The third-order valence-electron chi connectivity index (χ3n) is 7.53. The van der Waals surface area contributed by atoms with Crippen molar-refractivity contribution in [2.75, 3.05) is 21.3 Å². The number of allylic oxidation sites excluding steroid dienone is 4. The van der Waals surface area contributed by atoms with Crippen molar-refractivity contribution in [1.29, 1.82) is 0 Å². The Morgan fingerprint density at radius 1 is 0.675 bits per heavy atom. The van der Waals surface area contributed by atoms with Gasteiger partial charge in [0.1, 0.15) is 0 Å². The second kappa shape index (κ2) is 13.2. The van der Waals surface area contributed by atoms with E-state index in [1.54, 1.807) is 24.6 Å². The van der Waals surface area contributed by atoms with E-state index in [0.717, 1.165) is 23.7 Å². The van der Waals surface area contributed by atoms with E-state index in [2.05, 4.69) is 109 Å². The number of benzene rings is 4. The van der Waals surface area contributed by atoms with Crippen LogP contribution < -0.4 is 39.0 Å². The van der Waals surface area contributed by atoms with Gasteiger partial charge in [-0.3, -0.25) is 0 Å². The average molecular weight is 649 g/mol. The Morgan fingerprint density at radius 2 is 1.27 bits per heavy atom. The average Bonchev–Trinajstić information content (AvgIpc) is 3.62. The number of hydrogen-bond acceptors (Lipinski definition) is 3. The van der Waals surface area contributed by atoms with Crippen molar-refractivity contribution in [3.63, 3.8) is 0 Å². The third kappa shape index (κ3) is 5.38. The zero-order valence-electron chi connectivity index (χ0n) is 22.7. The molecule has 4 aromatic carbocycles. The van der Waals surface area contributed by atoms with Gasteiger partial charge in [-0.2, -0.15) is 0 Å². The maximum Gasteiger partial charge on any atom is -1.00 e. The predicted octanol–water partition coefficient (Wildman–Crippen LogP) is 1.52. The zero-order valence-corrected chi connectivity index (χ0v) is 26.6. The summed E-state index contributed by atoms with van der Waals surface area (Å²) in [5.41, 5.74) is 7.81. The molecule has 2 aliphatic rings. The summed E-state index contributed by atoms with van der Waals surface area (Å²) in [5.74, 6) is 2.43. The van der Waals surface area contributed by atoms with Gasteiger partial charge >= 0.3 is 233 Å². The zero-order chi connectivity index (χ0) is 26.1. The Hall–Kier alpha value is -2.91. The van der Waals surface area contributed by atoms with Crippen molar-refractivity contribution >= 4 is 3.21 Å². The molecule has 0 saturated carbocycles. The molecule has 0 saturated heterocycles. The van der Waals surface area contributed by atoms with Crippen LogP contribution in [-0.4, -0.2) is 24.5 Å². The summed E-state index contributed by atoms with van der Waals surface area (Å²) in [7, 11) is 5.18. The van der Waals surface area contributed by atoms with Gasteiger partial charge in [-0.15, -0.1) is 0 Å². The fourth-order valence-corrected chi connectivity index (χ4v) is 14.8. The van der Waals surface area contributed by atoms with E-state index in [4.69, 9.17) is 14.2 Å². The summed E-state index contributed by atoms with van der Waals surface area (Å²) in [6.07, 6.45) is 7.94. The van der Waals surface area contributed by atoms with Crippen molar-refractivity contribution in [3.05, 3.63) is 135 Å². The van der Waals surface area contributed by atoms with Crippen LogP contribution in [0.1, 0.15) is 32.3 Å². The standard InChI is InChI=1S/C16H15O3.C13H10.C5H5.2ClH.Zr/c1-17-12-4-5-13-10(7-12)6-11-8-15(18-2)16(19-3)9-14(11)13;1-3-7-12(8-4-1)11-13-9-5-2-6-10-13;1-2-4-5-3-1;;;/h4-9H,1-3H3;1-10H;1-3H,4H2;2*1H;/q;;;;;+2/p-2. The van der Waals surface area contributed by atoms with Crippen molar-refractivity contribution in [2.24, 2.45) is 0 Å². The maximum atomic E-state index is 5.83. The van der Waals surface area contributed by atoms with E-state index in [9.17, 15) is 0 Å². The first-order valence-electron chi connectivity index (χ1n) is 12.9. The fourth-order valence-electron chi connectivity index (χ4n) is 5.82. The first-order valence-corrected chi connectivity index (χ1v) is 16.8. The second-order valence-corrected chi connectivity index (χ2v) is 15.8. The summed E-state index contributed by atoms with van der Waals surface area (Å²) >= 11 is -2.74. The van der Waals surface area contributed by atoms with Crippen LogP contribution >= 0.6 is 0 Å². The largest absolute Gasteiger partial charge is 1.00 e. The molecule has 3 nitrogen and oxygen atoms in total. The number of ether oxygens (including phenoxy) is 3. The van der Waals surface area contributed by atoms with Gasteiger partial charge in [0.2, 0.25) is 0 Å². The van der Waals surface area contributed by atoms with E-state index in [1.807, 2.05) is 0 Å². The summed E-state index contributed by atoms with van der Waals surface area (Å²) in [6.45, 7) is 0. The molecule has 2 aliphatic carbocycles. The molecule has 0 aliphatic heterocycles. The minimum absolute atomic E-state index is 0. The third-order valence-corrected chi connectivity index (χ3v) is 15.8. The van der Waals surface area contributed by atoms with Crippen molar-refractivity contribution in [1.82, 2.24) is 0 Å².